The topological polar surface area (TPSA) is 35.2 Å². The van der Waals surface area contributed by atoms with Gasteiger partial charge < -0.3 is 10.5 Å². The Hall–Kier alpha value is -0.570. The van der Waals surface area contributed by atoms with Gasteiger partial charge in [-0.25, -0.2) is 0 Å². The van der Waals surface area contributed by atoms with Crippen LogP contribution in [0, 0.1) is 0 Å². The maximum atomic E-state index is 6.12. The van der Waals surface area contributed by atoms with E-state index in [2.05, 4.69) is 6.92 Å². The van der Waals surface area contributed by atoms with Gasteiger partial charge in [0.05, 0.1) is 12.1 Å². The molecule has 0 saturated heterocycles. The summed E-state index contributed by atoms with van der Waals surface area (Å²) >= 11 is 5.82. The van der Waals surface area contributed by atoms with Crippen LogP contribution in [0.2, 0.25) is 5.02 Å². The third-order valence-electron chi connectivity index (χ3n) is 2.44. The first-order valence-electron chi connectivity index (χ1n) is 5.31. The highest BCUT2D eigenvalue weighted by atomic mass is 35.5. The first-order valence-corrected chi connectivity index (χ1v) is 5.69. The fourth-order valence-corrected chi connectivity index (χ4v) is 1.72. The smallest absolute Gasteiger partial charge is 0.0764 e. The summed E-state index contributed by atoms with van der Waals surface area (Å²) in [6.45, 7) is 4.76. The van der Waals surface area contributed by atoms with E-state index in [0.29, 0.717) is 6.61 Å². The molecule has 0 bridgehead atoms. The Balaban J connectivity index is 2.73. The maximum absolute atomic E-state index is 6.12. The number of hydrogen-bond acceptors (Lipinski definition) is 2. The Kier molecular flexibility index (Phi) is 5.09. The maximum Gasteiger partial charge on any atom is 0.0764 e. The Morgan fingerprint density at radius 2 is 1.87 bits per heavy atom. The van der Waals surface area contributed by atoms with Gasteiger partial charge in [-0.05, 0) is 31.0 Å². The summed E-state index contributed by atoms with van der Waals surface area (Å²) in [7, 11) is 0. The van der Waals surface area contributed by atoms with Crippen LogP contribution in [0.25, 0.3) is 0 Å². The predicted molar refractivity (Wildman–Crippen MR) is 64.1 cm³/mol. The molecule has 0 radical (unpaired) electrons. The van der Waals surface area contributed by atoms with Gasteiger partial charge in [0.1, 0.15) is 0 Å². The van der Waals surface area contributed by atoms with E-state index in [9.17, 15) is 0 Å². The van der Waals surface area contributed by atoms with Crippen molar-refractivity contribution < 1.29 is 4.74 Å². The average Bonchev–Trinajstić information content (AvgIpc) is 2.26. The molecule has 0 aliphatic heterocycles. The molecule has 0 spiro atoms. The molecule has 0 amide bonds. The van der Waals surface area contributed by atoms with Gasteiger partial charge in [0, 0.05) is 11.6 Å². The zero-order chi connectivity index (χ0) is 11.3. The lowest BCUT2D eigenvalue weighted by molar-refractivity contribution is 0.0413. The van der Waals surface area contributed by atoms with E-state index in [1.165, 1.54) is 0 Å². The molecule has 1 rings (SSSR count). The van der Waals surface area contributed by atoms with Crippen molar-refractivity contribution in [2.45, 2.75) is 32.4 Å². The number of rotatable bonds is 5. The van der Waals surface area contributed by atoms with Crippen LogP contribution < -0.4 is 5.73 Å². The summed E-state index contributed by atoms with van der Waals surface area (Å²) in [6.07, 6.45) is 0.994. The number of halogens is 1. The Labute approximate surface area is 96.4 Å². The molecule has 0 aromatic heterocycles. The molecule has 1 aromatic rings. The predicted octanol–water partition coefficient (Wildman–Crippen LogP) is 3.15. The van der Waals surface area contributed by atoms with Crippen LogP contribution in [0.3, 0.4) is 0 Å². The van der Waals surface area contributed by atoms with Gasteiger partial charge >= 0.3 is 0 Å². The minimum Gasteiger partial charge on any atom is -0.377 e. The molecular weight excluding hydrogens is 210 g/mol. The van der Waals surface area contributed by atoms with Crippen molar-refractivity contribution in [3.8, 4) is 0 Å². The van der Waals surface area contributed by atoms with E-state index in [1.54, 1.807) is 0 Å². The van der Waals surface area contributed by atoms with E-state index >= 15 is 0 Å². The van der Waals surface area contributed by atoms with Crippen molar-refractivity contribution in [1.82, 2.24) is 0 Å². The van der Waals surface area contributed by atoms with E-state index in [1.807, 2.05) is 31.2 Å². The molecule has 15 heavy (non-hydrogen) atoms. The Bertz CT molecular complexity index is 286. The normalized spacial score (nSPS) is 14.9. The van der Waals surface area contributed by atoms with E-state index in [-0.39, 0.29) is 12.1 Å². The molecule has 2 N–H and O–H groups in total. The van der Waals surface area contributed by atoms with Gasteiger partial charge in [-0.3, -0.25) is 0 Å². The third-order valence-corrected chi connectivity index (χ3v) is 2.69. The molecule has 0 aliphatic carbocycles. The Morgan fingerprint density at radius 3 is 2.33 bits per heavy atom. The zero-order valence-corrected chi connectivity index (χ0v) is 10.00. The van der Waals surface area contributed by atoms with Gasteiger partial charge in [-0.1, -0.05) is 30.7 Å². The van der Waals surface area contributed by atoms with Crippen molar-refractivity contribution in [1.29, 1.82) is 0 Å². The summed E-state index contributed by atoms with van der Waals surface area (Å²) in [6, 6.07) is 7.54. The van der Waals surface area contributed by atoms with Crippen molar-refractivity contribution in [3.05, 3.63) is 34.9 Å². The molecule has 0 aliphatic rings. The SMILES string of the molecule is CCOC(CC)C(N)c1ccc(Cl)cc1. The minimum absolute atomic E-state index is 0.0767. The number of ether oxygens (including phenoxy) is 1. The molecule has 3 heteroatoms. The highest BCUT2D eigenvalue weighted by Gasteiger charge is 2.17. The standard InChI is InChI=1S/C12H18ClNO/c1-3-11(15-4-2)12(14)9-5-7-10(13)8-6-9/h5-8,11-12H,3-4,14H2,1-2H3. The van der Waals surface area contributed by atoms with Gasteiger partial charge in [-0.2, -0.15) is 0 Å². The van der Waals surface area contributed by atoms with Crippen LogP contribution in [-0.2, 0) is 4.74 Å². The molecular formula is C12H18ClNO. The van der Waals surface area contributed by atoms with Gasteiger partial charge in [0.15, 0.2) is 0 Å². The third kappa shape index (κ3) is 3.49. The summed E-state index contributed by atoms with van der Waals surface area (Å²) in [5, 5.41) is 0.732. The van der Waals surface area contributed by atoms with Crippen molar-refractivity contribution in [3.63, 3.8) is 0 Å². The summed E-state index contributed by atoms with van der Waals surface area (Å²) < 4.78 is 5.58. The average molecular weight is 228 g/mol. The van der Waals surface area contributed by atoms with Crippen molar-refractivity contribution in [2.24, 2.45) is 5.73 Å². The lowest BCUT2D eigenvalue weighted by Crippen LogP contribution is -2.28. The quantitative estimate of drug-likeness (QED) is 0.839. The monoisotopic (exact) mass is 227 g/mol. The second-order valence-corrected chi connectivity index (χ2v) is 3.92. The molecule has 2 atom stereocenters. The molecule has 0 heterocycles. The van der Waals surface area contributed by atoms with Crippen LogP contribution >= 0.6 is 11.6 Å². The number of benzene rings is 1. The molecule has 84 valence electrons. The second kappa shape index (κ2) is 6.11. The van der Waals surface area contributed by atoms with Crippen molar-refractivity contribution in [2.75, 3.05) is 6.61 Å². The molecule has 0 saturated carbocycles. The van der Waals surface area contributed by atoms with Crippen LogP contribution in [0.15, 0.2) is 24.3 Å². The van der Waals surface area contributed by atoms with Crippen LogP contribution in [0.5, 0.6) is 0 Å². The van der Waals surface area contributed by atoms with Gasteiger partial charge in [0.25, 0.3) is 0 Å². The summed E-state index contributed by atoms with van der Waals surface area (Å²) in [4.78, 5) is 0. The highest BCUT2D eigenvalue weighted by Crippen LogP contribution is 2.20. The fraction of sp³-hybridized carbons (Fsp3) is 0.500. The first-order chi connectivity index (χ1) is 7.19. The highest BCUT2D eigenvalue weighted by molar-refractivity contribution is 6.30. The van der Waals surface area contributed by atoms with Gasteiger partial charge in [0.2, 0.25) is 0 Å². The van der Waals surface area contributed by atoms with Crippen LogP contribution in [-0.4, -0.2) is 12.7 Å². The number of hydrogen-bond donors (Lipinski definition) is 1. The number of nitrogens with two attached hydrogens (primary N) is 1. The van der Waals surface area contributed by atoms with Crippen LogP contribution in [0.1, 0.15) is 31.9 Å². The summed E-state index contributed by atoms with van der Waals surface area (Å²) in [5.74, 6) is 0. The molecule has 2 nitrogen and oxygen atoms in total. The molecule has 2 unspecified atom stereocenters. The fourth-order valence-electron chi connectivity index (χ4n) is 1.59. The second-order valence-electron chi connectivity index (χ2n) is 3.48. The van der Waals surface area contributed by atoms with Gasteiger partial charge in [-0.15, -0.1) is 0 Å². The zero-order valence-electron chi connectivity index (χ0n) is 9.24. The van der Waals surface area contributed by atoms with E-state index in [0.717, 1.165) is 17.0 Å². The molecule has 1 aromatic carbocycles. The minimum atomic E-state index is -0.0767. The van der Waals surface area contributed by atoms with Crippen molar-refractivity contribution >= 4 is 11.6 Å². The van der Waals surface area contributed by atoms with E-state index in [4.69, 9.17) is 22.1 Å². The largest absolute Gasteiger partial charge is 0.377 e. The Morgan fingerprint density at radius 1 is 1.27 bits per heavy atom. The van der Waals surface area contributed by atoms with E-state index < -0.39 is 0 Å². The van der Waals surface area contributed by atoms with Crippen LogP contribution in [0.4, 0.5) is 0 Å². The lowest BCUT2D eigenvalue weighted by Gasteiger charge is -2.22. The lowest BCUT2D eigenvalue weighted by atomic mass is 10.0. The summed E-state index contributed by atoms with van der Waals surface area (Å²) in [5.41, 5.74) is 7.19. The molecule has 0 fully saturated rings. The first kappa shape index (κ1) is 12.5.